The van der Waals surface area contributed by atoms with E-state index >= 15 is 0 Å². The summed E-state index contributed by atoms with van der Waals surface area (Å²) in [6.07, 6.45) is 2.55. The minimum Gasteiger partial charge on any atom is -0.384 e. The zero-order valence-corrected chi connectivity index (χ0v) is 9.39. The molecule has 2 heteroatoms. The van der Waals surface area contributed by atoms with Gasteiger partial charge in [-0.1, -0.05) is 29.3 Å². The van der Waals surface area contributed by atoms with Crippen molar-refractivity contribution in [3.05, 3.63) is 28.2 Å². The van der Waals surface area contributed by atoms with Gasteiger partial charge in [0.2, 0.25) is 0 Å². The molecule has 0 radical (unpaired) electrons. The molecular formula is C11H14BrN. The molecule has 1 aliphatic heterocycles. The highest BCUT2D eigenvalue weighted by Crippen LogP contribution is 2.35. The van der Waals surface area contributed by atoms with E-state index in [-0.39, 0.29) is 0 Å². The van der Waals surface area contributed by atoms with Gasteiger partial charge in [-0.05, 0) is 30.2 Å². The minimum absolute atomic E-state index is 0.720. The van der Waals surface area contributed by atoms with Crippen LogP contribution in [0.4, 0.5) is 5.69 Å². The van der Waals surface area contributed by atoms with Gasteiger partial charge in [0.25, 0.3) is 0 Å². The number of hydrogen-bond acceptors (Lipinski definition) is 1. The predicted octanol–water partition coefficient (Wildman–Crippen LogP) is 3.76. The Morgan fingerprint density at radius 3 is 3.15 bits per heavy atom. The van der Waals surface area contributed by atoms with Crippen LogP contribution in [-0.2, 0) is 0 Å². The first-order valence-corrected chi connectivity index (χ1v) is 5.64. The summed E-state index contributed by atoms with van der Waals surface area (Å²) in [6.45, 7) is 3.36. The van der Waals surface area contributed by atoms with E-state index in [2.05, 4.69) is 46.4 Å². The Balaban J connectivity index is 2.29. The third-order valence-electron chi connectivity index (χ3n) is 2.63. The quantitative estimate of drug-likeness (QED) is 0.829. The third-order valence-corrected chi connectivity index (χ3v) is 3.12. The zero-order valence-electron chi connectivity index (χ0n) is 7.81. The molecule has 70 valence electrons. The van der Waals surface area contributed by atoms with Crippen LogP contribution in [0.3, 0.4) is 0 Å². The smallest absolute Gasteiger partial charge is 0.0377 e. The van der Waals surface area contributed by atoms with E-state index in [9.17, 15) is 0 Å². The number of halogens is 1. The molecule has 1 aromatic rings. The molecule has 1 atom stereocenters. The van der Waals surface area contributed by atoms with Gasteiger partial charge in [-0.2, -0.15) is 0 Å². The molecule has 0 aliphatic carbocycles. The van der Waals surface area contributed by atoms with Crippen molar-refractivity contribution < 1.29 is 0 Å². The highest BCUT2D eigenvalue weighted by Gasteiger charge is 2.20. The lowest BCUT2D eigenvalue weighted by molar-refractivity contribution is 0.661. The largest absolute Gasteiger partial charge is 0.384 e. The Morgan fingerprint density at radius 1 is 1.54 bits per heavy atom. The molecule has 0 aromatic heterocycles. The van der Waals surface area contributed by atoms with Crippen LogP contribution in [-0.4, -0.2) is 6.54 Å². The first kappa shape index (κ1) is 9.07. The number of anilines is 1. The normalized spacial score (nSPS) is 19.7. The van der Waals surface area contributed by atoms with Crippen molar-refractivity contribution in [3.63, 3.8) is 0 Å². The Kier molecular flexibility index (Phi) is 2.58. The molecule has 1 unspecified atom stereocenters. The van der Waals surface area contributed by atoms with E-state index in [1.54, 1.807) is 0 Å². The topological polar surface area (TPSA) is 12.0 Å². The Bertz CT molecular complexity index is 307. The molecule has 0 saturated heterocycles. The standard InChI is InChI=1S/C11H14BrN/c1-2-3-8-7-13-11-5-4-9(12)6-10(8)11/h4-6,8,13H,2-3,7H2,1H3. The highest BCUT2D eigenvalue weighted by molar-refractivity contribution is 9.10. The van der Waals surface area contributed by atoms with Gasteiger partial charge in [-0.3, -0.25) is 0 Å². The fraction of sp³-hybridized carbons (Fsp3) is 0.455. The maximum Gasteiger partial charge on any atom is 0.0377 e. The van der Waals surface area contributed by atoms with Gasteiger partial charge in [0.05, 0.1) is 0 Å². The van der Waals surface area contributed by atoms with Gasteiger partial charge < -0.3 is 5.32 Å². The molecule has 1 N–H and O–H groups in total. The predicted molar refractivity (Wildman–Crippen MR) is 60.3 cm³/mol. The van der Waals surface area contributed by atoms with Gasteiger partial charge in [-0.15, -0.1) is 0 Å². The lowest BCUT2D eigenvalue weighted by Crippen LogP contribution is -2.00. The van der Waals surface area contributed by atoms with Crippen molar-refractivity contribution in [2.45, 2.75) is 25.7 Å². The van der Waals surface area contributed by atoms with Gasteiger partial charge in [0.15, 0.2) is 0 Å². The van der Waals surface area contributed by atoms with Crippen molar-refractivity contribution in [3.8, 4) is 0 Å². The maximum atomic E-state index is 3.52. The molecule has 0 spiro atoms. The lowest BCUT2D eigenvalue weighted by atomic mass is 9.97. The van der Waals surface area contributed by atoms with Crippen LogP contribution < -0.4 is 5.32 Å². The zero-order chi connectivity index (χ0) is 9.26. The third kappa shape index (κ3) is 1.73. The average Bonchev–Trinajstić information content (AvgIpc) is 2.49. The summed E-state index contributed by atoms with van der Waals surface area (Å²) >= 11 is 3.52. The minimum atomic E-state index is 0.720. The Labute approximate surface area is 87.7 Å². The van der Waals surface area contributed by atoms with E-state index in [0.29, 0.717) is 0 Å². The first-order valence-electron chi connectivity index (χ1n) is 4.84. The van der Waals surface area contributed by atoms with Crippen molar-refractivity contribution in [1.29, 1.82) is 0 Å². The van der Waals surface area contributed by atoms with Crippen molar-refractivity contribution in [2.75, 3.05) is 11.9 Å². The SMILES string of the molecule is CCCC1CNc2ccc(Br)cc21. The van der Waals surface area contributed by atoms with E-state index in [4.69, 9.17) is 0 Å². The summed E-state index contributed by atoms with van der Waals surface area (Å²) in [4.78, 5) is 0. The Morgan fingerprint density at radius 2 is 2.38 bits per heavy atom. The van der Waals surface area contributed by atoms with Crippen molar-refractivity contribution in [2.24, 2.45) is 0 Å². The second-order valence-corrected chi connectivity index (χ2v) is 4.51. The van der Waals surface area contributed by atoms with Gasteiger partial charge in [0.1, 0.15) is 0 Å². The van der Waals surface area contributed by atoms with E-state index in [0.717, 1.165) is 12.5 Å². The number of hydrogen-bond donors (Lipinski definition) is 1. The summed E-state index contributed by atoms with van der Waals surface area (Å²) in [6, 6.07) is 6.50. The molecule has 1 heterocycles. The van der Waals surface area contributed by atoms with Crippen molar-refractivity contribution >= 4 is 21.6 Å². The molecule has 1 aromatic carbocycles. The summed E-state index contributed by atoms with van der Waals surface area (Å²) < 4.78 is 1.19. The molecule has 0 bridgehead atoms. The number of nitrogens with one attached hydrogen (secondary N) is 1. The van der Waals surface area contributed by atoms with Crippen LogP contribution in [0.5, 0.6) is 0 Å². The molecule has 0 fully saturated rings. The molecule has 13 heavy (non-hydrogen) atoms. The van der Waals surface area contributed by atoms with Crippen molar-refractivity contribution in [1.82, 2.24) is 0 Å². The van der Waals surface area contributed by atoms with Gasteiger partial charge in [-0.25, -0.2) is 0 Å². The lowest BCUT2D eigenvalue weighted by Gasteiger charge is -2.07. The van der Waals surface area contributed by atoms with E-state index in [1.807, 2.05) is 0 Å². The van der Waals surface area contributed by atoms with Gasteiger partial charge >= 0.3 is 0 Å². The number of rotatable bonds is 2. The Hall–Kier alpha value is -0.500. The van der Waals surface area contributed by atoms with E-state index < -0.39 is 0 Å². The van der Waals surface area contributed by atoms with Crippen LogP contribution in [0.15, 0.2) is 22.7 Å². The number of benzene rings is 1. The molecule has 1 aliphatic rings. The monoisotopic (exact) mass is 239 g/mol. The molecule has 1 nitrogen and oxygen atoms in total. The second-order valence-electron chi connectivity index (χ2n) is 3.60. The second kappa shape index (κ2) is 3.70. The fourth-order valence-electron chi connectivity index (χ4n) is 1.98. The van der Waals surface area contributed by atoms with E-state index in [1.165, 1.54) is 28.6 Å². The number of fused-ring (bicyclic) bond motifs is 1. The van der Waals surface area contributed by atoms with Crippen LogP contribution in [0, 0.1) is 0 Å². The van der Waals surface area contributed by atoms with Crippen LogP contribution >= 0.6 is 15.9 Å². The highest BCUT2D eigenvalue weighted by atomic mass is 79.9. The maximum absolute atomic E-state index is 3.52. The molecule has 0 saturated carbocycles. The molecule has 0 amide bonds. The van der Waals surface area contributed by atoms with Gasteiger partial charge in [0, 0.05) is 22.6 Å². The first-order chi connectivity index (χ1) is 6.31. The van der Waals surface area contributed by atoms with Crippen LogP contribution in [0.1, 0.15) is 31.2 Å². The summed E-state index contributed by atoms with van der Waals surface area (Å²) in [7, 11) is 0. The summed E-state index contributed by atoms with van der Waals surface area (Å²) in [5.41, 5.74) is 2.80. The summed E-state index contributed by atoms with van der Waals surface area (Å²) in [5, 5.41) is 3.44. The molecular weight excluding hydrogens is 226 g/mol. The summed E-state index contributed by atoms with van der Waals surface area (Å²) in [5.74, 6) is 0.720. The molecule has 2 rings (SSSR count). The van der Waals surface area contributed by atoms with Crippen LogP contribution in [0.2, 0.25) is 0 Å². The van der Waals surface area contributed by atoms with Crippen LogP contribution in [0.25, 0.3) is 0 Å². The fourth-order valence-corrected chi connectivity index (χ4v) is 2.36. The average molecular weight is 240 g/mol.